The van der Waals surface area contributed by atoms with Gasteiger partial charge in [-0.3, -0.25) is 4.79 Å². The molecule has 1 saturated carbocycles. The van der Waals surface area contributed by atoms with Crippen molar-refractivity contribution in [3.8, 4) is 0 Å². The van der Waals surface area contributed by atoms with Crippen molar-refractivity contribution in [3.63, 3.8) is 0 Å². The lowest BCUT2D eigenvalue weighted by Gasteiger charge is -2.38. The lowest BCUT2D eigenvalue weighted by atomic mass is 10.0. The van der Waals surface area contributed by atoms with Crippen LogP contribution in [-0.4, -0.2) is 79.9 Å². The van der Waals surface area contributed by atoms with E-state index in [4.69, 9.17) is 9.47 Å². The topological polar surface area (TPSA) is 83.1 Å². The van der Waals surface area contributed by atoms with Crippen LogP contribution in [-0.2, 0) is 20.8 Å². The molecule has 32 heavy (non-hydrogen) atoms. The van der Waals surface area contributed by atoms with Crippen LogP contribution in [0.5, 0.6) is 0 Å². The Bertz CT molecular complexity index is 788. The van der Waals surface area contributed by atoms with Crippen molar-refractivity contribution < 1.29 is 19.1 Å². The lowest BCUT2D eigenvalue weighted by molar-refractivity contribution is -0.116. The Balaban J connectivity index is 1.57. The molecule has 1 aromatic rings. The maximum Gasteiger partial charge on any atom is 0.410 e. The van der Waals surface area contributed by atoms with Crippen LogP contribution in [0.4, 0.5) is 10.5 Å². The second kappa shape index (κ2) is 10.6. The van der Waals surface area contributed by atoms with E-state index in [1.807, 2.05) is 64.0 Å². The summed E-state index contributed by atoms with van der Waals surface area (Å²) in [4.78, 5) is 28.2. The van der Waals surface area contributed by atoms with Crippen LogP contribution in [0.25, 0.3) is 0 Å². The number of nitrogens with zero attached hydrogens (tertiary/aromatic N) is 2. The van der Waals surface area contributed by atoms with Crippen molar-refractivity contribution in [2.24, 2.45) is 5.92 Å². The molecule has 1 aromatic carbocycles. The highest BCUT2D eigenvalue weighted by atomic mass is 16.6. The van der Waals surface area contributed by atoms with Gasteiger partial charge in [0, 0.05) is 24.8 Å². The summed E-state index contributed by atoms with van der Waals surface area (Å²) in [6.07, 6.45) is 2.00. The largest absolute Gasteiger partial charge is 0.444 e. The van der Waals surface area contributed by atoms with Gasteiger partial charge in [-0.25, -0.2) is 4.79 Å². The van der Waals surface area contributed by atoms with E-state index >= 15 is 0 Å². The molecule has 0 bridgehead atoms. The minimum Gasteiger partial charge on any atom is -0.444 e. The molecular weight excluding hydrogens is 408 g/mol. The van der Waals surface area contributed by atoms with Crippen LogP contribution < -0.4 is 10.6 Å². The zero-order chi connectivity index (χ0) is 23.3. The Kier molecular flexibility index (Phi) is 8.14. The summed E-state index contributed by atoms with van der Waals surface area (Å²) in [6, 6.07) is 8.08. The van der Waals surface area contributed by atoms with Crippen LogP contribution in [0, 0.1) is 5.92 Å². The van der Waals surface area contributed by atoms with Gasteiger partial charge in [-0.05, 0) is 71.3 Å². The number of amides is 2. The van der Waals surface area contributed by atoms with E-state index in [1.165, 1.54) is 12.8 Å². The number of morpholine rings is 1. The number of hydrogen-bond donors (Lipinski definition) is 2. The summed E-state index contributed by atoms with van der Waals surface area (Å²) < 4.78 is 11.6. The first-order chi connectivity index (χ1) is 15.1. The van der Waals surface area contributed by atoms with E-state index < -0.39 is 5.60 Å². The number of anilines is 1. The average molecular weight is 447 g/mol. The minimum absolute atomic E-state index is 0.0335. The summed E-state index contributed by atoms with van der Waals surface area (Å²) >= 11 is 0. The van der Waals surface area contributed by atoms with E-state index in [2.05, 4.69) is 10.6 Å². The lowest BCUT2D eigenvalue weighted by Crippen LogP contribution is -2.55. The minimum atomic E-state index is -0.508. The molecule has 8 nitrogen and oxygen atoms in total. The van der Waals surface area contributed by atoms with Gasteiger partial charge in [0.1, 0.15) is 5.60 Å². The molecule has 0 unspecified atom stereocenters. The third kappa shape index (κ3) is 7.76. The number of ether oxygens (including phenoxy) is 2. The fraction of sp³-hybridized carbons (Fsp3) is 0.667. The summed E-state index contributed by atoms with van der Waals surface area (Å²) in [5.74, 6) is 0.523. The number of nitrogens with one attached hydrogen (secondary N) is 2. The first-order valence-corrected chi connectivity index (χ1v) is 11.5. The molecule has 0 radical (unpaired) electrons. The van der Waals surface area contributed by atoms with E-state index in [0.29, 0.717) is 38.7 Å². The standard InChI is InChI=1S/C24H38N4O4/c1-24(2,3)32-23(30)28-11-12-31-20(15-28)22(18-9-10-18)25-14-17-7-6-8-19(13-17)26-21(29)16-27(4)5/h6-8,13,18,20,22,25H,9-12,14-16H2,1-5H3,(H,26,29)/t20-,22-/m1/s1. The zero-order valence-electron chi connectivity index (χ0n) is 20.0. The number of hydrogen-bond acceptors (Lipinski definition) is 6. The van der Waals surface area contributed by atoms with E-state index in [1.54, 1.807) is 4.90 Å². The van der Waals surface area contributed by atoms with E-state index in [-0.39, 0.29) is 24.1 Å². The van der Waals surface area contributed by atoms with Crippen LogP contribution in [0.2, 0.25) is 0 Å². The molecule has 2 aliphatic rings. The Hall–Kier alpha value is -2.16. The summed E-state index contributed by atoms with van der Waals surface area (Å²) in [6.45, 7) is 8.27. The van der Waals surface area contributed by atoms with Gasteiger partial charge in [-0.1, -0.05) is 12.1 Å². The quantitative estimate of drug-likeness (QED) is 0.639. The normalized spacial score (nSPS) is 20.2. The Morgan fingerprint density at radius 3 is 2.69 bits per heavy atom. The van der Waals surface area contributed by atoms with Crippen LogP contribution in [0.15, 0.2) is 24.3 Å². The van der Waals surface area contributed by atoms with Gasteiger partial charge in [-0.2, -0.15) is 0 Å². The first kappa shape index (κ1) is 24.5. The van der Waals surface area contributed by atoms with Gasteiger partial charge in [0.05, 0.1) is 25.8 Å². The predicted molar refractivity (Wildman–Crippen MR) is 125 cm³/mol. The highest BCUT2D eigenvalue weighted by Gasteiger charge is 2.40. The molecule has 2 N–H and O–H groups in total. The molecule has 2 fully saturated rings. The van der Waals surface area contributed by atoms with Crippen molar-refractivity contribution in [2.45, 2.75) is 57.9 Å². The average Bonchev–Trinajstić information content (AvgIpc) is 3.52. The van der Waals surface area contributed by atoms with Crippen molar-refractivity contribution in [1.82, 2.24) is 15.1 Å². The Morgan fingerprint density at radius 2 is 2.03 bits per heavy atom. The number of rotatable bonds is 8. The number of likely N-dealkylation sites (N-methyl/N-ethyl adjacent to an activating group) is 1. The smallest absolute Gasteiger partial charge is 0.410 e. The van der Waals surface area contributed by atoms with Gasteiger partial charge in [0.25, 0.3) is 0 Å². The molecule has 0 aromatic heterocycles. The predicted octanol–water partition coefficient (Wildman–Crippen LogP) is 2.69. The number of benzene rings is 1. The first-order valence-electron chi connectivity index (χ1n) is 11.5. The molecule has 178 valence electrons. The van der Waals surface area contributed by atoms with Gasteiger partial charge in [0.15, 0.2) is 0 Å². The van der Waals surface area contributed by atoms with E-state index in [0.717, 1.165) is 11.3 Å². The molecule has 1 aliphatic carbocycles. The molecule has 3 rings (SSSR count). The maximum atomic E-state index is 12.5. The molecular formula is C24H38N4O4. The highest BCUT2D eigenvalue weighted by Crippen LogP contribution is 2.36. The summed E-state index contributed by atoms with van der Waals surface area (Å²) in [7, 11) is 3.74. The number of carbonyl (C=O) groups is 2. The SMILES string of the molecule is CN(C)CC(=O)Nc1cccc(CN[C@H](C2CC2)[C@H]2CN(C(=O)OC(C)(C)C)CCO2)c1. The molecule has 2 amide bonds. The Morgan fingerprint density at radius 1 is 1.28 bits per heavy atom. The van der Waals surface area contributed by atoms with Crippen LogP contribution in [0.3, 0.4) is 0 Å². The van der Waals surface area contributed by atoms with Gasteiger partial charge in [-0.15, -0.1) is 0 Å². The second-order valence-electron chi connectivity index (χ2n) is 10.1. The summed E-state index contributed by atoms with van der Waals surface area (Å²) in [5, 5.41) is 6.61. The van der Waals surface area contributed by atoms with Crippen LogP contribution >= 0.6 is 0 Å². The number of carbonyl (C=O) groups excluding carboxylic acids is 2. The van der Waals surface area contributed by atoms with Crippen molar-refractivity contribution >= 4 is 17.7 Å². The zero-order valence-corrected chi connectivity index (χ0v) is 20.0. The molecule has 1 aliphatic heterocycles. The van der Waals surface area contributed by atoms with Gasteiger partial charge >= 0.3 is 6.09 Å². The fourth-order valence-corrected chi connectivity index (χ4v) is 3.92. The third-order valence-corrected chi connectivity index (χ3v) is 5.49. The molecule has 0 spiro atoms. The van der Waals surface area contributed by atoms with Crippen LogP contribution in [0.1, 0.15) is 39.2 Å². The van der Waals surface area contributed by atoms with Gasteiger partial charge in [0.2, 0.25) is 5.91 Å². The Labute approximate surface area is 191 Å². The molecule has 8 heteroatoms. The van der Waals surface area contributed by atoms with Crippen molar-refractivity contribution in [3.05, 3.63) is 29.8 Å². The summed E-state index contributed by atoms with van der Waals surface area (Å²) in [5.41, 5.74) is 1.38. The molecule has 2 atom stereocenters. The molecule has 1 saturated heterocycles. The maximum absolute atomic E-state index is 12.5. The monoisotopic (exact) mass is 446 g/mol. The second-order valence-corrected chi connectivity index (χ2v) is 10.1. The van der Waals surface area contributed by atoms with Crippen molar-refractivity contribution in [1.29, 1.82) is 0 Å². The van der Waals surface area contributed by atoms with E-state index in [9.17, 15) is 9.59 Å². The third-order valence-electron chi connectivity index (χ3n) is 5.49. The van der Waals surface area contributed by atoms with Gasteiger partial charge < -0.3 is 29.9 Å². The fourth-order valence-electron chi connectivity index (χ4n) is 3.92. The highest BCUT2D eigenvalue weighted by molar-refractivity contribution is 5.92. The van der Waals surface area contributed by atoms with Crippen molar-refractivity contribution in [2.75, 3.05) is 45.7 Å². The molecule has 1 heterocycles.